The summed E-state index contributed by atoms with van der Waals surface area (Å²) in [7, 11) is 0. The molecule has 0 bridgehead atoms. The van der Waals surface area contributed by atoms with Crippen LogP contribution >= 0.6 is 0 Å². The van der Waals surface area contributed by atoms with Crippen molar-refractivity contribution in [2.24, 2.45) is 0 Å². The first-order chi connectivity index (χ1) is 10.1. The second-order valence-corrected chi connectivity index (χ2v) is 5.62. The van der Waals surface area contributed by atoms with Gasteiger partial charge in [0.15, 0.2) is 0 Å². The molecule has 4 aromatic rings. The van der Waals surface area contributed by atoms with Crippen LogP contribution in [0.3, 0.4) is 0 Å². The molecule has 0 atom stereocenters. The van der Waals surface area contributed by atoms with Gasteiger partial charge in [-0.3, -0.25) is 0 Å². The number of anilines is 1. The Hall–Kier alpha value is -2.62. The largest absolute Gasteiger partial charge is 0.456 e. The molecule has 21 heavy (non-hydrogen) atoms. The maximum absolute atomic E-state index is 6.26. The maximum Gasteiger partial charge on any atom is 0.136 e. The molecule has 4 nitrogen and oxygen atoms in total. The van der Waals surface area contributed by atoms with Gasteiger partial charge >= 0.3 is 0 Å². The zero-order valence-corrected chi connectivity index (χ0v) is 11.9. The number of nitrogen functional groups attached to an aromatic ring is 1. The minimum atomic E-state index is 0.244. The highest BCUT2D eigenvalue weighted by Crippen LogP contribution is 2.34. The molecule has 0 amide bonds. The highest BCUT2D eigenvalue weighted by molar-refractivity contribution is 6.10. The summed E-state index contributed by atoms with van der Waals surface area (Å²) in [6.45, 7) is 4.12. The Bertz CT molecular complexity index is 986. The number of fused-ring (bicyclic) bond motifs is 4. The zero-order chi connectivity index (χ0) is 14.6. The van der Waals surface area contributed by atoms with Gasteiger partial charge in [0.05, 0.1) is 16.9 Å². The lowest BCUT2D eigenvalue weighted by atomic mass is 10.0. The van der Waals surface area contributed by atoms with Crippen LogP contribution in [0.4, 0.5) is 5.69 Å². The van der Waals surface area contributed by atoms with E-state index in [9.17, 15) is 0 Å². The van der Waals surface area contributed by atoms with Gasteiger partial charge in [0.25, 0.3) is 0 Å². The number of rotatable bonds is 1. The van der Waals surface area contributed by atoms with Crippen molar-refractivity contribution in [3.8, 4) is 0 Å². The molecule has 0 radical (unpaired) electrons. The Morgan fingerprint density at radius 3 is 2.57 bits per heavy atom. The number of hydrogen-bond donors (Lipinski definition) is 1. The van der Waals surface area contributed by atoms with Crippen LogP contribution in [0.25, 0.3) is 32.8 Å². The van der Waals surface area contributed by atoms with Crippen molar-refractivity contribution in [3.05, 3.63) is 42.1 Å². The highest BCUT2D eigenvalue weighted by atomic mass is 16.3. The van der Waals surface area contributed by atoms with Crippen LogP contribution in [0, 0.1) is 0 Å². The Kier molecular flexibility index (Phi) is 2.42. The van der Waals surface area contributed by atoms with E-state index >= 15 is 0 Å². The van der Waals surface area contributed by atoms with E-state index in [2.05, 4.69) is 24.0 Å². The van der Waals surface area contributed by atoms with E-state index in [1.165, 1.54) is 0 Å². The smallest absolute Gasteiger partial charge is 0.136 e. The number of nitrogens with two attached hydrogens (primary N) is 1. The summed E-state index contributed by atoms with van der Waals surface area (Å²) >= 11 is 0. The number of para-hydroxylation sites is 1. The molecule has 0 aliphatic carbocycles. The average molecular weight is 277 g/mol. The third-order valence-corrected chi connectivity index (χ3v) is 3.87. The third-order valence-electron chi connectivity index (χ3n) is 3.87. The van der Waals surface area contributed by atoms with Crippen molar-refractivity contribution >= 4 is 38.5 Å². The molecule has 2 N–H and O–H groups in total. The van der Waals surface area contributed by atoms with Gasteiger partial charge in [0.1, 0.15) is 11.2 Å². The molecule has 4 rings (SSSR count). The lowest BCUT2D eigenvalue weighted by molar-refractivity contribution is 0.669. The molecule has 0 aliphatic heterocycles. The molecule has 0 fully saturated rings. The van der Waals surface area contributed by atoms with Gasteiger partial charge in [-0.15, -0.1) is 0 Å². The topological polar surface area (TPSA) is 64.9 Å². The fraction of sp³-hybridized carbons (Fsp3) is 0.176. The fourth-order valence-corrected chi connectivity index (χ4v) is 2.78. The summed E-state index contributed by atoms with van der Waals surface area (Å²) in [5.74, 6) is 0.244. The first-order valence-electron chi connectivity index (χ1n) is 7.02. The molecule has 104 valence electrons. The monoisotopic (exact) mass is 277 g/mol. The summed E-state index contributed by atoms with van der Waals surface area (Å²) in [6, 6.07) is 12.0. The van der Waals surface area contributed by atoms with Gasteiger partial charge in [-0.1, -0.05) is 32.0 Å². The van der Waals surface area contributed by atoms with Crippen LogP contribution in [0.1, 0.15) is 25.5 Å². The van der Waals surface area contributed by atoms with Crippen molar-refractivity contribution in [3.63, 3.8) is 0 Å². The quantitative estimate of drug-likeness (QED) is 0.565. The van der Waals surface area contributed by atoms with E-state index in [-0.39, 0.29) is 5.92 Å². The summed E-state index contributed by atoms with van der Waals surface area (Å²) in [6.07, 6.45) is 0. The molecule has 0 unspecified atom stereocenters. The molecule has 2 aromatic carbocycles. The zero-order valence-electron chi connectivity index (χ0n) is 11.9. The van der Waals surface area contributed by atoms with E-state index in [0.29, 0.717) is 5.69 Å². The van der Waals surface area contributed by atoms with Gasteiger partial charge in [-0.25, -0.2) is 0 Å². The lowest BCUT2D eigenvalue weighted by Gasteiger charge is -2.09. The second kappa shape index (κ2) is 4.19. The Labute approximate surface area is 121 Å². The SMILES string of the molecule is CC(C)c1nnc2cc3c(cc2c1N)oc1ccccc13. The summed E-state index contributed by atoms with van der Waals surface area (Å²) in [4.78, 5) is 0. The molecule has 0 spiro atoms. The molecule has 4 heteroatoms. The predicted molar refractivity (Wildman–Crippen MR) is 85.3 cm³/mol. The van der Waals surface area contributed by atoms with Crippen molar-refractivity contribution in [2.75, 3.05) is 5.73 Å². The van der Waals surface area contributed by atoms with Crippen LogP contribution in [0.15, 0.2) is 40.8 Å². The van der Waals surface area contributed by atoms with Crippen LogP contribution in [-0.2, 0) is 0 Å². The maximum atomic E-state index is 6.26. The number of benzene rings is 2. The summed E-state index contributed by atoms with van der Waals surface area (Å²) in [5.41, 5.74) is 10.3. The number of aromatic nitrogens is 2. The van der Waals surface area contributed by atoms with Crippen LogP contribution < -0.4 is 5.73 Å². The van der Waals surface area contributed by atoms with E-state index < -0.39 is 0 Å². The predicted octanol–water partition coefficient (Wildman–Crippen LogP) is 4.23. The van der Waals surface area contributed by atoms with E-state index in [1.54, 1.807) is 0 Å². The van der Waals surface area contributed by atoms with Gasteiger partial charge in [-0.2, -0.15) is 10.2 Å². The second-order valence-electron chi connectivity index (χ2n) is 5.62. The third kappa shape index (κ3) is 1.69. The average Bonchev–Trinajstić information content (AvgIpc) is 2.83. The number of hydrogen-bond acceptors (Lipinski definition) is 4. The van der Waals surface area contributed by atoms with E-state index in [0.717, 1.165) is 38.5 Å². The fourth-order valence-electron chi connectivity index (χ4n) is 2.78. The molecule has 0 aliphatic rings. The van der Waals surface area contributed by atoms with Crippen molar-refractivity contribution in [2.45, 2.75) is 19.8 Å². The minimum absolute atomic E-state index is 0.244. The van der Waals surface area contributed by atoms with E-state index in [1.807, 2.05) is 36.4 Å². The first kappa shape index (κ1) is 12.1. The Morgan fingerprint density at radius 2 is 1.76 bits per heavy atom. The van der Waals surface area contributed by atoms with Gasteiger partial charge in [0.2, 0.25) is 0 Å². The Morgan fingerprint density at radius 1 is 0.952 bits per heavy atom. The van der Waals surface area contributed by atoms with E-state index in [4.69, 9.17) is 10.2 Å². The van der Waals surface area contributed by atoms with Gasteiger partial charge < -0.3 is 10.2 Å². The highest BCUT2D eigenvalue weighted by Gasteiger charge is 2.14. The summed E-state index contributed by atoms with van der Waals surface area (Å²) < 4.78 is 5.91. The van der Waals surface area contributed by atoms with Crippen LogP contribution in [0.5, 0.6) is 0 Å². The van der Waals surface area contributed by atoms with Crippen LogP contribution in [0.2, 0.25) is 0 Å². The molecular formula is C17H15N3O. The Balaban J connectivity index is 2.14. The molecule has 2 heterocycles. The van der Waals surface area contributed by atoms with Gasteiger partial charge in [0, 0.05) is 16.2 Å². The minimum Gasteiger partial charge on any atom is -0.456 e. The summed E-state index contributed by atoms with van der Waals surface area (Å²) in [5, 5.41) is 11.6. The van der Waals surface area contributed by atoms with Gasteiger partial charge in [-0.05, 0) is 24.1 Å². The van der Waals surface area contributed by atoms with Crippen molar-refractivity contribution in [1.29, 1.82) is 0 Å². The number of furan rings is 1. The molecule has 2 aromatic heterocycles. The van der Waals surface area contributed by atoms with Crippen molar-refractivity contribution < 1.29 is 4.42 Å². The van der Waals surface area contributed by atoms with Crippen LogP contribution in [-0.4, -0.2) is 10.2 Å². The standard InChI is InChI=1S/C17H15N3O/c1-9(2)17-16(18)12-8-15-11(7-13(12)19-20-17)10-5-3-4-6-14(10)21-15/h3-9H,1-2H3,(H2,18,19). The first-order valence-corrected chi connectivity index (χ1v) is 7.02. The molecular weight excluding hydrogens is 262 g/mol. The molecule has 0 saturated carbocycles. The lowest BCUT2D eigenvalue weighted by Crippen LogP contribution is -2.03. The molecule has 0 saturated heterocycles. The normalized spacial score (nSPS) is 12.0. The number of nitrogens with zero attached hydrogens (tertiary/aromatic N) is 2. The van der Waals surface area contributed by atoms with Crippen molar-refractivity contribution in [1.82, 2.24) is 10.2 Å².